The van der Waals surface area contributed by atoms with Gasteiger partial charge in [-0.05, 0) is 23.8 Å². The number of urea groups is 1. The van der Waals surface area contributed by atoms with Gasteiger partial charge < -0.3 is 15.0 Å². The molecule has 2 rings (SSSR count). The van der Waals surface area contributed by atoms with Gasteiger partial charge in [0.1, 0.15) is 12.4 Å². The summed E-state index contributed by atoms with van der Waals surface area (Å²) in [6.07, 6.45) is 0. The van der Waals surface area contributed by atoms with Crippen LogP contribution in [-0.4, -0.2) is 30.6 Å². The van der Waals surface area contributed by atoms with Crippen LogP contribution in [0.2, 0.25) is 0 Å². The van der Waals surface area contributed by atoms with Crippen molar-refractivity contribution in [1.29, 1.82) is 0 Å². The maximum Gasteiger partial charge on any atom is 0.325 e. The molecule has 0 spiro atoms. The number of halogens is 1. The molecule has 0 fully saturated rings. The number of esters is 1. The molecule has 0 unspecified atom stereocenters. The number of carbonyl (C=O) groups is 2. The first kappa shape index (κ1) is 11.4. The van der Waals surface area contributed by atoms with E-state index in [-0.39, 0.29) is 18.9 Å². The predicted octanol–water partition coefficient (Wildman–Crippen LogP) is 1.35. The number of nitrogens with one attached hydrogen (secondary N) is 1. The molecule has 1 aliphatic heterocycles. The summed E-state index contributed by atoms with van der Waals surface area (Å²) in [6, 6.07) is 3.71. The zero-order valence-corrected chi connectivity index (χ0v) is 9.20. The van der Waals surface area contributed by atoms with Gasteiger partial charge in [-0.2, -0.15) is 0 Å². The number of rotatable bonds is 2. The third kappa shape index (κ3) is 2.35. The molecule has 0 bridgehead atoms. The van der Waals surface area contributed by atoms with Crippen molar-refractivity contribution in [3.8, 4) is 0 Å². The predicted molar refractivity (Wildman–Crippen MR) is 57.8 cm³/mol. The normalized spacial score (nSPS) is 14.0. The van der Waals surface area contributed by atoms with Gasteiger partial charge in [0.15, 0.2) is 0 Å². The van der Waals surface area contributed by atoms with Crippen LogP contribution in [0.25, 0.3) is 0 Å². The van der Waals surface area contributed by atoms with Crippen LogP contribution in [0.5, 0.6) is 0 Å². The van der Waals surface area contributed by atoms with Crippen molar-refractivity contribution in [2.75, 3.05) is 19.0 Å². The molecule has 0 aromatic heterocycles. The molecule has 2 amide bonds. The van der Waals surface area contributed by atoms with E-state index >= 15 is 0 Å². The van der Waals surface area contributed by atoms with Crippen LogP contribution in [0.15, 0.2) is 18.2 Å². The Morgan fingerprint density at radius 1 is 1.59 bits per heavy atom. The van der Waals surface area contributed by atoms with Gasteiger partial charge in [-0.15, -0.1) is 0 Å². The molecule has 1 N–H and O–H groups in total. The first-order valence-corrected chi connectivity index (χ1v) is 5.01. The van der Waals surface area contributed by atoms with Gasteiger partial charge in [0.2, 0.25) is 0 Å². The second-order valence-corrected chi connectivity index (χ2v) is 3.66. The zero-order valence-electron chi connectivity index (χ0n) is 9.20. The summed E-state index contributed by atoms with van der Waals surface area (Å²) in [7, 11) is 1.25. The number of hydrogen-bond donors (Lipinski definition) is 1. The van der Waals surface area contributed by atoms with Crippen molar-refractivity contribution in [3.63, 3.8) is 0 Å². The number of hydrogen-bond acceptors (Lipinski definition) is 3. The lowest BCUT2D eigenvalue weighted by atomic mass is 10.1. The van der Waals surface area contributed by atoms with Crippen LogP contribution in [0.3, 0.4) is 0 Å². The number of benzene rings is 1. The highest BCUT2D eigenvalue weighted by Crippen LogP contribution is 2.23. The van der Waals surface area contributed by atoms with Crippen LogP contribution >= 0.6 is 0 Å². The number of amides is 2. The van der Waals surface area contributed by atoms with Gasteiger partial charge in [-0.3, -0.25) is 4.79 Å². The van der Waals surface area contributed by atoms with E-state index < -0.39 is 12.0 Å². The molecule has 1 heterocycles. The quantitative estimate of drug-likeness (QED) is 0.791. The summed E-state index contributed by atoms with van der Waals surface area (Å²) in [5.41, 5.74) is 1.20. The molecule has 6 heteroatoms. The summed E-state index contributed by atoms with van der Waals surface area (Å²) in [5.74, 6) is -0.891. The number of ether oxygens (including phenoxy) is 1. The van der Waals surface area contributed by atoms with Gasteiger partial charge in [0.05, 0.1) is 13.7 Å². The molecule has 90 valence electrons. The van der Waals surface area contributed by atoms with Crippen LogP contribution in [0.1, 0.15) is 5.56 Å². The SMILES string of the molecule is COC(=O)CN1Cc2cc(F)ccc2NC1=O. The van der Waals surface area contributed by atoms with Crippen molar-refractivity contribution in [1.82, 2.24) is 4.90 Å². The topological polar surface area (TPSA) is 58.6 Å². The third-order valence-corrected chi connectivity index (χ3v) is 2.50. The molecular formula is C11H11FN2O3. The standard InChI is InChI=1S/C11H11FN2O3/c1-17-10(15)6-14-5-7-4-8(12)2-3-9(7)13-11(14)16/h2-4H,5-6H2,1H3,(H,13,16). The lowest BCUT2D eigenvalue weighted by molar-refractivity contribution is -0.141. The highest BCUT2D eigenvalue weighted by molar-refractivity contribution is 5.94. The van der Waals surface area contributed by atoms with Crippen molar-refractivity contribution >= 4 is 17.7 Å². The van der Waals surface area contributed by atoms with Crippen molar-refractivity contribution in [2.45, 2.75) is 6.54 Å². The Balaban J connectivity index is 2.19. The maximum absolute atomic E-state index is 13.0. The molecule has 0 saturated carbocycles. The second-order valence-electron chi connectivity index (χ2n) is 3.66. The highest BCUT2D eigenvalue weighted by Gasteiger charge is 2.24. The minimum absolute atomic E-state index is 0.154. The van der Waals surface area contributed by atoms with Crippen LogP contribution in [-0.2, 0) is 16.1 Å². The first-order valence-electron chi connectivity index (χ1n) is 5.01. The fourth-order valence-corrected chi connectivity index (χ4v) is 1.63. The van der Waals surface area contributed by atoms with E-state index in [9.17, 15) is 14.0 Å². The molecule has 0 saturated heterocycles. The number of nitrogens with zero attached hydrogens (tertiary/aromatic N) is 1. The summed E-state index contributed by atoms with van der Waals surface area (Å²) in [4.78, 5) is 24.0. The van der Waals surface area contributed by atoms with Gasteiger partial charge in [-0.1, -0.05) is 0 Å². The van der Waals surface area contributed by atoms with Gasteiger partial charge in [-0.25, -0.2) is 9.18 Å². The number of methoxy groups -OCH3 is 1. The van der Waals surface area contributed by atoms with Gasteiger partial charge in [0.25, 0.3) is 0 Å². The Labute approximate surface area is 97.2 Å². The average molecular weight is 238 g/mol. The van der Waals surface area contributed by atoms with Gasteiger partial charge >= 0.3 is 12.0 Å². The second kappa shape index (κ2) is 4.40. The van der Waals surface area contributed by atoms with E-state index in [1.807, 2.05) is 0 Å². The Hall–Kier alpha value is -2.11. The van der Waals surface area contributed by atoms with Crippen molar-refractivity contribution in [2.24, 2.45) is 0 Å². The van der Waals surface area contributed by atoms with Gasteiger partial charge in [0, 0.05) is 5.69 Å². The van der Waals surface area contributed by atoms with Crippen LogP contribution < -0.4 is 5.32 Å². The highest BCUT2D eigenvalue weighted by atomic mass is 19.1. The smallest absolute Gasteiger partial charge is 0.325 e. The summed E-state index contributed by atoms with van der Waals surface area (Å²) < 4.78 is 17.5. The van der Waals surface area contributed by atoms with Crippen molar-refractivity contribution in [3.05, 3.63) is 29.6 Å². The lowest BCUT2D eigenvalue weighted by Gasteiger charge is -2.28. The third-order valence-electron chi connectivity index (χ3n) is 2.50. The van der Waals surface area contributed by atoms with E-state index in [2.05, 4.69) is 10.1 Å². The Morgan fingerprint density at radius 3 is 3.06 bits per heavy atom. The molecule has 0 atom stereocenters. The van der Waals surface area contributed by atoms with E-state index in [0.717, 1.165) is 0 Å². The summed E-state index contributed by atoms with van der Waals surface area (Å²) in [5, 5.41) is 2.58. The fourth-order valence-electron chi connectivity index (χ4n) is 1.63. The molecule has 1 aliphatic rings. The Bertz CT molecular complexity index is 476. The zero-order chi connectivity index (χ0) is 12.4. The van der Waals surface area contributed by atoms with E-state index in [4.69, 9.17) is 0 Å². The summed E-state index contributed by atoms with van der Waals surface area (Å²) in [6.45, 7) is 0.0340. The van der Waals surface area contributed by atoms with Crippen LogP contribution in [0.4, 0.5) is 14.9 Å². The molecule has 1 aromatic rings. The minimum Gasteiger partial charge on any atom is -0.468 e. The average Bonchev–Trinajstić information content (AvgIpc) is 2.30. The molecule has 0 aliphatic carbocycles. The number of anilines is 1. The monoisotopic (exact) mass is 238 g/mol. The van der Waals surface area contributed by atoms with E-state index in [1.54, 1.807) is 0 Å². The summed E-state index contributed by atoms with van der Waals surface area (Å²) >= 11 is 0. The fraction of sp³-hybridized carbons (Fsp3) is 0.273. The number of fused-ring (bicyclic) bond motifs is 1. The van der Waals surface area contributed by atoms with Crippen LogP contribution in [0, 0.1) is 5.82 Å². The molecular weight excluding hydrogens is 227 g/mol. The molecule has 0 radical (unpaired) electrons. The van der Waals surface area contributed by atoms with E-state index in [0.29, 0.717) is 11.3 Å². The van der Waals surface area contributed by atoms with Crippen molar-refractivity contribution < 1.29 is 18.7 Å². The largest absolute Gasteiger partial charge is 0.468 e. The maximum atomic E-state index is 13.0. The van der Waals surface area contributed by atoms with E-state index in [1.165, 1.54) is 30.2 Å². The molecule has 5 nitrogen and oxygen atoms in total. The Kier molecular flexibility index (Phi) is 2.95. The number of carbonyl (C=O) groups excluding carboxylic acids is 2. The molecule has 1 aromatic carbocycles. The molecule has 17 heavy (non-hydrogen) atoms. The Morgan fingerprint density at radius 2 is 2.35 bits per heavy atom. The minimum atomic E-state index is -0.514. The first-order chi connectivity index (χ1) is 8.10. The lowest BCUT2D eigenvalue weighted by Crippen LogP contribution is -2.41.